The van der Waals surface area contributed by atoms with E-state index in [1.807, 2.05) is 12.1 Å². The molecule has 0 spiro atoms. The predicted octanol–water partition coefficient (Wildman–Crippen LogP) is 4.16. The van der Waals surface area contributed by atoms with Crippen molar-refractivity contribution in [2.75, 3.05) is 11.6 Å². The number of carbonyl (C=O) groups excluding carboxylic acids is 1. The number of halogens is 1. The second-order valence-corrected chi connectivity index (χ2v) is 11.4. The highest BCUT2D eigenvalue weighted by Crippen LogP contribution is 2.32. The van der Waals surface area contributed by atoms with Gasteiger partial charge in [-0.3, -0.25) is 14.9 Å². The quantitative estimate of drug-likeness (QED) is 0.206. The van der Waals surface area contributed by atoms with Crippen LogP contribution in [-0.2, 0) is 21.4 Å². The van der Waals surface area contributed by atoms with Gasteiger partial charge in [-0.2, -0.15) is 5.10 Å². The third-order valence-electron chi connectivity index (χ3n) is 6.47. The SMILES string of the molecule is CCC(=O)Nc1cncc(-c2ccc3[nH]nc(-c4nc5nccc(-c6cc(F)cc(CNS(C)(=O)=O)c6)c5[nH]4)c3n2)c1. The number of hydrogen-bond donors (Lipinski definition) is 4. The van der Waals surface area contributed by atoms with Gasteiger partial charge >= 0.3 is 0 Å². The normalized spacial score (nSPS) is 11.8. The zero-order valence-electron chi connectivity index (χ0n) is 22.4. The Morgan fingerprint density at radius 2 is 1.90 bits per heavy atom. The number of benzene rings is 1. The first-order valence-corrected chi connectivity index (χ1v) is 14.8. The Morgan fingerprint density at radius 3 is 2.71 bits per heavy atom. The fraction of sp³-hybridized carbons (Fsp3) is 0.143. The second kappa shape index (κ2) is 10.7. The van der Waals surface area contributed by atoms with Crippen LogP contribution in [0.3, 0.4) is 0 Å². The van der Waals surface area contributed by atoms with Gasteiger partial charge in [0.05, 0.1) is 34.9 Å². The van der Waals surface area contributed by atoms with Crippen LogP contribution in [0.2, 0.25) is 0 Å². The van der Waals surface area contributed by atoms with Crippen molar-refractivity contribution in [3.8, 4) is 33.9 Å². The molecule has 0 atom stereocenters. The lowest BCUT2D eigenvalue weighted by Crippen LogP contribution is -2.21. The molecule has 42 heavy (non-hydrogen) atoms. The van der Waals surface area contributed by atoms with Crippen LogP contribution in [0.1, 0.15) is 18.9 Å². The summed E-state index contributed by atoms with van der Waals surface area (Å²) in [5, 5.41) is 10.2. The summed E-state index contributed by atoms with van der Waals surface area (Å²) < 4.78 is 40.0. The monoisotopic (exact) mass is 585 g/mol. The zero-order chi connectivity index (χ0) is 29.4. The molecule has 0 saturated heterocycles. The van der Waals surface area contributed by atoms with Gasteiger partial charge < -0.3 is 10.3 Å². The Kier molecular flexibility index (Phi) is 6.92. The van der Waals surface area contributed by atoms with Gasteiger partial charge in [0.2, 0.25) is 15.9 Å². The summed E-state index contributed by atoms with van der Waals surface area (Å²) in [5.41, 5.74) is 6.14. The van der Waals surface area contributed by atoms with Crippen molar-refractivity contribution in [2.45, 2.75) is 19.9 Å². The molecule has 0 bridgehead atoms. The van der Waals surface area contributed by atoms with E-state index < -0.39 is 15.8 Å². The second-order valence-electron chi connectivity index (χ2n) is 9.61. The van der Waals surface area contributed by atoms with Crippen molar-refractivity contribution in [3.05, 3.63) is 72.4 Å². The van der Waals surface area contributed by atoms with E-state index in [1.165, 1.54) is 12.1 Å². The number of rotatable bonds is 8. The minimum atomic E-state index is -3.45. The number of hydrogen-bond acceptors (Lipinski definition) is 8. The Morgan fingerprint density at radius 1 is 1.05 bits per heavy atom. The summed E-state index contributed by atoms with van der Waals surface area (Å²) >= 11 is 0. The van der Waals surface area contributed by atoms with Gasteiger partial charge in [-0.1, -0.05) is 6.92 Å². The average Bonchev–Trinajstić information content (AvgIpc) is 3.59. The van der Waals surface area contributed by atoms with Gasteiger partial charge in [-0.15, -0.1) is 0 Å². The molecule has 1 aromatic carbocycles. The van der Waals surface area contributed by atoms with Gasteiger partial charge in [0.1, 0.15) is 11.3 Å². The largest absolute Gasteiger partial charge is 0.335 e. The van der Waals surface area contributed by atoms with Crippen LogP contribution in [0.4, 0.5) is 10.1 Å². The van der Waals surface area contributed by atoms with E-state index in [4.69, 9.17) is 4.98 Å². The van der Waals surface area contributed by atoms with Gasteiger partial charge in [0.15, 0.2) is 17.2 Å². The predicted molar refractivity (Wildman–Crippen MR) is 156 cm³/mol. The number of pyridine rings is 3. The molecule has 1 amide bonds. The Hall–Kier alpha value is -5.08. The maximum Gasteiger partial charge on any atom is 0.224 e. The molecule has 4 N–H and O–H groups in total. The standard InChI is InChI=1S/C28H24FN9O3S/c1-3-23(39)33-19-11-17(13-30-14-19)21-4-5-22-25(34-21)26(38-37-22)28-35-24-20(6-7-31-27(24)36-28)16-8-15(9-18(29)10-16)12-32-42(2,40)41/h4-11,13-14,32H,3,12H2,1-2H3,(H,33,39)(H,37,38)(H,31,35,36). The van der Waals surface area contributed by atoms with Crippen molar-refractivity contribution >= 4 is 43.8 Å². The number of sulfonamides is 1. The van der Waals surface area contributed by atoms with Crippen LogP contribution in [0.25, 0.3) is 56.1 Å². The molecule has 6 rings (SSSR count). The molecule has 0 aliphatic heterocycles. The molecule has 14 heteroatoms. The fourth-order valence-electron chi connectivity index (χ4n) is 4.51. The number of anilines is 1. The first-order chi connectivity index (χ1) is 20.2. The van der Waals surface area contributed by atoms with Crippen molar-refractivity contribution in [1.29, 1.82) is 0 Å². The molecule has 0 unspecified atom stereocenters. The van der Waals surface area contributed by atoms with Gasteiger partial charge in [-0.05, 0) is 53.6 Å². The number of H-pyrrole nitrogens is 2. The minimum Gasteiger partial charge on any atom is -0.335 e. The summed E-state index contributed by atoms with van der Waals surface area (Å²) in [5.74, 6) is -0.226. The average molecular weight is 586 g/mol. The van der Waals surface area contributed by atoms with E-state index in [2.05, 4.69) is 40.2 Å². The molecule has 0 aliphatic rings. The van der Waals surface area contributed by atoms with E-state index in [0.29, 0.717) is 73.8 Å². The van der Waals surface area contributed by atoms with E-state index in [9.17, 15) is 17.6 Å². The number of aromatic amines is 2. The third kappa shape index (κ3) is 5.57. The Balaban J connectivity index is 1.39. The molecule has 212 valence electrons. The summed E-state index contributed by atoms with van der Waals surface area (Å²) in [7, 11) is -3.45. The zero-order valence-corrected chi connectivity index (χ0v) is 23.3. The number of carbonyl (C=O) groups is 1. The summed E-state index contributed by atoms with van der Waals surface area (Å²) in [6, 6.07) is 11.5. The molecule has 5 aromatic heterocycles. The lowest BCUT2D eigenvalue weighted by Gasteiger charge is -2.08. The molecule has 12 nitrogen and oxygen atoms in total. The Labute approximate surface area is 238 Å². The van der Waals surface area contributed by atoms with E-state index >= 15 is 0 Å². The van der Waals surface area contributed by atoms with E-state index in [1.54, 1.807) is 43.7 Å². The fourth-order valence-corrected chi connectivity index (χ4v) is 4.94. The number of aromatic nitrogens is 7. The molecule has 5 heterocycles. The van der Waals surface area contributed by atoms with Crippen molar-refractivity contribution < 1.29 is 17.6 Å². The lowest BCUT2D eigenvalue weighted by atomic mass is 10.0. The van der Waals surface area contributed by atoms with Crippen molar-refractivity contribution in [2.24, 2.45) is 0 Å². The van der Waals surface area contributed by atoms with Crippen LogP contribution in [0.5, 0.6) is 0 Å². The third-order valence-corrected chi connectivity index (χ3v) is 7.14. The highest BCUT2D eigenvalue weighted by Gasteiger charge is 2.18. The summed E-state index contributed by atoms with van der Waals surface area (Å²) in [6.07, 6.45) is 6.19. The maximum absolute atomic E-state index is 14.6. The van der Waals surface area contributed by atoms with E-state index in [-0.39, 0.29) is 12.5 Å². The highest BCUT2D eigenvalue weighted by atomic mass is 32.2. The van der Waals surface area contributed by atoms with Crippen LogP contribution in [-0.4, -0.2) is 55.7 Å². The molecular formula is C28H24FN9O3S. The topological polar surface area (TPSA) is 171 Å². The molecule has 0 saturated carbocycles. The number of imidazole rings is 1. The van der Waals surface area contributed by atoms with Gasteiger partial charge in [0.25, 0.3) is 0 Å². The number of fused-ring (bicyclic) bond motifs is 2. The molecule has 0 radical (unpaired) electrons. The van der Waals surface area contributed by atoms with Gasteiger partial charge in [0, 0.05) is 36.5 Å². The van der Waals surface area contributed by atoms with Crippen molar-refractivity contribution in [3.63, 3.8) is 0 Å². The summed E-state index contributed by atoms with van der Waals surface area (Å²) in [4.78, 5) is 33.1. The summed E-state index contributed by atoms with van der Waals surface area (Å²) in [6.45, 7) is 1.72. The molecule has 0 aliphatic carbocycles. The van der Waals surface area contributed by atoms with E-state index in [0.717, 1.165) is 6.26 Å². The lowest BCUT2D eigenvalue weighted by molar-refractivity contribution is -0.115. The smallest absolute Gasteiger partial charge is 0.224 e. The first kappa shape index (κ1) is 27.1. The molecule has 0 fully saturated rings. The Bertz CT molecular complexity index is 2090. The molecular weight excluding hydrogens is 561 g/mol. The van der Waals surface area contributed by atoms with Crippen molar-refractivity contribution in [1.82, 2.24) is 39.8 Å². The van der Waals surface area contributed by atoms with Crippen LogP contribution < -0.4 is 10.0 Å². The van der Waals surface area contributed by atoms with Crippen LogP contribution in [0.15, 0.2) is 61.1 Å². The number of nitrogens with zero attached hydrogens (tertiary/aromatic N) is 5. The van der Waals surface area contributed by atoms with Crippen LogP contribution in [0, 0.1) is 5.82 Å². The van der Waals surface area contributed by atoms with Gasteiger partial charge in [-0.25, -0.2) is 32.5 Å². The van der Waals surface area contributed by atoms with Crippen LogP contribution >= 0.6 is 0 Å². The number of nitrogens with one attached hydrogen (secondary N) is 4. The minimum absolute atomic E-state index is 0.0529. The number of amides is 1. The highest BCUT2D eigenvalue weighted by molar-refractivity contribution is 7.88. The molecule has 6 aromatic rings. The first-order valence-electron chi connectivity index (χ1n) is 12.9. The maximum atomic E-state index is 14.6.